The van der Waals surface area contributed by atoms with Gasteiger partial charge in [0.25, 0.3) is 0 Å². The van der Waals surface area contributed by atoms with Gasteiger partial charge >= 0.3 is 5.97 Å². The molecule has 22 heavy (non-hydrogen) atoms. The second-order valence-electron chi connectivity index (χ2n) is 5.45. The lowest BCUT2D eigenvalue weighted by Crippen LogP contribution is -2.43. The highest BCUT2D eigenvalue weighted by molar-refractivity contribution is 6.32. The lowest BCUT2D eigenvalue weighted by molar-refractivity contribution is -0.152. The summed E-state index contributed by atoms with van der Waals surface area (Å²) >= 11 is 6.13. The third-order valence-corrected chi connectivity index (χ3v) is 4.33. The van der Waals surface area contributed by atoms with E-state index in [9.17, 15) is 9.59 Å². The van der Waals surface area contributed by atoms with E-state index in [2.05, 4.69) is 5.32 Å². The number of carbonyl (C=O) groups is 2. The van der Waals surface area contributed by atoms with Crippen LogP contribution >= 0.6 is 11.6 Å². The molecule has 7 heteroatoms. The lowest BCUT2D eigenvalue weighted by atomic mass is 9.73. The molecule has 0 saturated heterocycles. The van der Waals surface area contributed by atoms with Crippen LogP contribution in [-0.2, 0) is 16.1 Å². The van der Waals surface area contributed by atoms with Gasteiger partial charge in [0, 0.05) is 6.54 Å². The van der Waals surface area contributed by atoms with Crippen molar-refractivity contribution in [2.24, 2.45) is 11.8 Å². The predicted molar refractivity (Wildman–Crippen MR) is 78.1 cm³/mol. The van der Waals surface area contributed by atoms with E-state index in [0.29, 0.717) is 42.6 Å². The van der Waals surface area contributed by atoms with Gasteiger partial charge in [0.2, 0.25) is 5.91 Å². The van der Waals surface area contributed by atoms with Gasteiger partial charge < -0.3 is 19.9 Å². The first-order valence-corrected chi connectivity index (χ1v) is 7.52. The summed E-state index contributed by atoms with van der Waals surface area (Å²) in [4.78, 5) is 23.0. The molecule has 118 valence electrons. The van der Waals surface area contributed by atoms with Crippen molar-refractivity contribution >= 4 is 23.5 Å². The number of fused-ring (bicyclic) bond motifs is 1. The zero-order chi connectivity index (χ0) is 15.7. The minimum atomic E-state index is -0.909. The van der Waals surface area contributed by atoms with Gasteiger partial charge in [0.1, 0.15) is 13.2 Å². The summed E-state index contributed by atoms with van der Waals surface area (Å²) in [6.45, 7) is 1.20. The number of aliphatic carboxylic acids is 1. The zero-order valence-electron chi connectivity index (χ0n) is 11.8. The second-order valence-corrected chi connectivity index (χ2v) is 5.86. The smallest absolute Gasteiger partial charge is 0.307 e. The Morgan fingerprint density at radius 1 is 1.23 bits per heavy atom. The van der Waals surface area contributed by atoms with Crippen molar-refractivity contribution in [3.63, 3.8) is 0 Å². The first-order valence-electron chi connectivity index (χ1n) is 7.15. The molecule has 1 fully saturated rings. The number of hydrogen-bond acceptors (Lipinski definition) is 4. The standard InChI is InChI=1S/C15H16ClNO5/c16-11-5-8(6-12-13(11)22-4-3-21-12)7-17-14(18)9-1-2-10(9)15(19)20/h5-6,9-10H,1-4,7H2,(H,17,18)(H,19,20). The number of benzene rings is 1. The number of hydrogen-bond donors (Lipinski definition) is 2. The lowest BCUT2D eigenvalue weighted by Gasteiger charge is -2.32. The number of amides is 1. The Hall–Kier alpha value is -1.95. The topological polar surface area (TPSA) is 84.9 Å². The Bertz CT molecular complexity index is 618. The molecule has 0 radical (unpaired) electrons. The fourth-order valence-electron chi connectivity index (χ4n) is 2.70. The van der Waals surface area contributed by atoms with Gasteiger partial charge in [-0.2, -0.15) is 0 Å². The van der Waals surface area contributed by atoms with Crippen molar-refractivity contribution in [3.8, 4) is 11.5 Å². The molecule has 0 aromatic heterocycles. The van der Waals surface area contributed by atoms with E-state index >= 15 is 0 Å². The molecule has 2 unspecified atom stereocenters. The van der Waals surface area contributed by atoms with Crippen LogP contribution in [0.5, 0.6) is 11.5 Å². The summed E-state index contributed by atoms with van der Waals surface area (Å²) in [6, 6.07) is 3.49. The van der Waals surface area contributed by atoms with Gasteiger partial charge in [-0.15, -0.1) is 0 Å². The second kappa shape index (κ2) is 6.04. The van der Waals surface area contributed by atoms with E-state index in [0.717, 1.165) is 5.56 Å². The molecule has 2 atom stereocenters. The molecular formula is C15H16ClNO5. The number of carboxylic acids is 1. The largest absolute Gasteiger partial charge is 0.486 e. The average molecular weight is 326 g/mol. The maximum absolute atomic E-state index is 12.0. The third-order valence-electron chi connectivity index (χ3n) is 4.05. The summed E-state index contributed by atoms with van der Waals surface area (Å²) in [5, 5.41) is 12.2. The van der Waals surface area contributed by atoms with Crippen LogP contribution in [0.4, 0.5) is 0 Å². The molecule has 1 saturated carbocycles. The van der Waals surface area contributed by atoms with Crippen LogP contribution in [0.25, 0.3) is 0 Å². The molecule has 2 N–H and O–H groups in total. The third kappa shape index (κ3) is 2.83. The van der Waals surface area contributed by atoms with Gasteiger partial charge in [-0.25, -0.2) is 0 Å². The van der Waals surface area contributed by atoms with Crippen molar-refractivity contribution in [1.29, 1.82) is 0 Å². The first-order chi connectivity index (χ1) is 10.6. The Morgan fingerprint density at radius 2 is 1.95 bits per heavy atom. The number of ether oxygens (including phenoxy) is 2. The fraction of sp³-hybridized carbons (Fsp3) is 0.467. The summed E-state index contributed by atoms with van der Waals surface area (Å²) < 4.78 is 10.9. The van der Waals surface area contributed by atoms with E-state index in [4.69, 9.17) is 26.2 Å². The van der Waals surface area contributed by atoms with Crippen LogP contribution in [0.2, 0.25) is 5.02 Å². The molecular weight excluding hydrogens is 310 g/mol. The number of nitrogens with one attached hydrogen (secondary N) is 1. The summed E-state index contributed by atoms with van der Waals surface area (Å²) in [7, 11) is 0. The predicted octanol–water partition coefficient (Wildman–Crippen LogP) is 1.84. The minimum Gasteiger partial charge on any atom is -0.486 e. The highest BCUT2D eigenvalue weighted by atomic mass is 35.5. The van der Waals surface area contributed by atoms with Crippen molar-refractivity contribution in [2.75, 3.05) is 13.2 Å². The Labute approximate surface area is 132 Å². The van der Waals surface area contributed by atoms with E-state index in [1.54, 1.807) is 12.1 Å². The molecule has 1 aliphatic carbocycles. The van der Waals surface area contributed by atoms with Crippen molar-refractivity contribution in [1.82, 2.24) is 5.32 Å². The number of rotatable bonds is 4. The maximum Gasteiger partial charge on any atom is 0.307 e. The van der Waals surface area contributed by atoms with Gasteiger partial charge in [-0.05, 0) is 30.5 Å². The number of carboxylic acid groups (broad SMARTS) is 1. The first kappa shape index (κ1) is 15.0. The van der Waals surface area contributed by atoms with Crippen molar-refractivity contribution in [2.45, 2.75) is 19.4 Å². The quantitative estimate of drug-likeness (QED) is 0.882. The molecule has 1 aromatic carbocycles. The van der Waals surface area contributed by atoms with E-state index in [-0.39, 0.29) is 12.5 Å². The molecule has 1 aromatic rings. The van der Waals surface area contributed by atoms with Crippen molar-refractivity contribution < 1.29 is 24.2 Å². The van der Waals surface area contributed by atoms with Crippen LogP contribution in [0.1, 0.15) is 18.4 Å². The van der Waals surface area contributed by atoms with E-state index < -0.39 is 17.8 Å². The number of halogens is 1. The Balaban J connectivity index is 1.63. The van der Waals surface area contributed by atoms with Crippen LogP contribution in [0, 0.1) is 11.8 Å². The van der Waals surface area contributed by atoms with Gasteiger partial charge in [0.05, 0.1) is 16.9 Å². The molecule has 0 bridgehead atoms. The minimum absolute atomic E-state index is 0.232. The zero-order valence-corrected chi connectivity index (χ0v) is 12.6. The summed E-state index contributed by atoms with van der Waals surface area (Å²) in [6.07, 6.45) is 1.17. The van der Waals surface area contributed by atoms with Crippen LogP contribution in [0.3, 0.4) is 0 Å². The highest BCUT2D eigenvalue weighted by Crippen LogP contribution is 2.38. The molecule has 1 aliphatic heterocycles. The van der Waals surface area contributed by atoms with E-state index in [1.807, 2.05) is 0 Å². The van der Waals surface area contributed by atoms with Gasteiger partial charge in [-0.1, -0.05) is 11.6 Å². The average Bonchev–Trinajstić information content (AvgIpc) is 2.43. The van der Waals surface area contributed by atoms with Crippen LogP contribution in [0.15, 0.2) is 12.1 Å². The highest BCUT2D eigenvalue weighted by Gasteiger charge is 2.41. The van der Waals surface area contributed by atoms with Crippen LogP contribution in [-0.4, -0.2) is 30.2 Å². The van der Waals surface area contributed by atoms with Crippen molar-refractivity contribution in [3.05, 3.63) is 22.7 Å². The molecule has 6 nitrogen and oxygen atoms in total. The van der Waals surface area contributed by atoms with Gasteiger partial charge in [0.15, 0.2) is 11.5 Å². The fourth-order valence-corrected chi connectivity index (χ4v) is 2.98. The monoisotopic (exact) mass is 325 g/mol. The molecule has 0 spiro atoms. The molecule has 2 aliphatic rings. The van der Waals surface area contributed by atoms with E-state index in [1.165, 1.54) is 0 Å². The van der Waals surface area contributed by atoms with Crippen LogP contribution < -0.4 is 14.8 Å². The Morgan fingerprint density at radius 3 is 2.64 bits per heavy atom. The summed E-state index contributed by atoms with van der Waals surface area (Å²) in [5.74, 6) is -1.06. The molecule has 1 heterocycles. The maximum atomic E-state index is 12.0. The Kier molecular flexibility index (Phi) is 4.11. The molecule has 3 rings (SSSR count). The van der Waals surface area contributed by atoms with Gasteiger partial charge in [-0.3, -0.25) is 9.59 Å². The summed E-state index contributed by atoms with van der Waals surface area (Å²) in [5.41, 5.74) is 0.786. The molecule has 1 amide bonds. The SMILES string of the molecule is O=C(O)C1CCC1C(=O)NCc1cc(Cl)c2c(c1)OCCO2. The number of carbonyl (C=O) groups excluding carboxylic acids is 1. The normalized spacial score (nSPS) is 22.6.